The zero-order chi connectivity index (χ0) is 16.9. The molecule has 0 unspecified atom stereocenters. The Morgan fingerprint density at radius 2 is 2.04 bits per heavy atom. The number of amides is 1. The highest BCUT2D eigenvalue weighted by Crippen LogP contribution is 2.36. The molecule has 1 aromatic carbocycles. The van der Waals surface area contributed by atoms with Crippen molar-refractivity contribution in [3.8, 4) is 16.9 Å². The number of carbonyl (C=O) groups excluding carboxylic acids is 1. The lowest BCUT2D eigenvalue weighted by molar-refractivity contribution is -0.118. The average Bonchev–Trinajstić information content (AvgIpc) is 2.69. The fraction of sp³-hybridized carbons (Fsp3) is 0.231. The minimum absolute atomic E-state index is 0.0760. The molecular formula is C13H9ClF3N3O3. The van der Waals surface area contributed by atoms with Crippen LogP contribution in [0, 0.1) is 5.82 Å². The van der Waals surface area contributed by atoms with Gasteiger partial charge in [0.2, 0.25) is 0 Å². The van der Waals surface area contributed by atoms with Crippen molar-refractivity contribution in [1.29, 1.82) is 0 Å². The predicted octanol–water partition coefficient (Wildman–Crippen LogP) is 2.37. The van der Waals surface area contributed by atoms with Gasteiger partial charge in [-0.25, -0.2) is 4.39 Å². The summed E-state index contributed by atoms with van der Waals surface area (Å²) in [7, 11) is 1.15. The van der Waals surface area contributed by atoms with Crippen molar-refractivity contribution in [3.63, 3.8) is 0 Å². The molecule has 2 aromatic rings. The Morgan fingerprint density at radius 1 is 1.35 bits per heavy atom. The van der Waals surface area contributed by atoms with Gasteiger partial charge in [-0.3, -0.25) is 14.3 Å². The van der Waals surface area contributed by atoms with E-state index in [1.165, 1.54) is 0 Å². The van der Waals surface area contributed by atoms with Crippen molar-refractivity contribution >= 4 is 23.2 Å². The molecule has 122 valence electrons. The molecule has 3 rings (SSSR count). The Hall–Kier alpha value is -2.42. The molecule has 2 heterocycles. The number of fused-ring (bicyclic) bond motifs is 1. The topological polar surface area (TPSA) is 65.3 Å². The number of alkyl halides is 2. The lowest BCUT2D eigenvalue weighted by Gasteiger charge is -2.18. The third kappa shape index (κ3) is 2.37. The van der Waals surface area contributed by atoms with Crippen LogP contribution in [-0.4, -0.2) is 21.9 Å². The largest absolute Gasteiger partial charge is 0.481 e. The summed E-state index contributed by atoms with van der Waals surface area (Å²) in [5.74, 6) is -1.27. The number of aromatic nitrogens is 2. The molecule has 0 atom stereocenters. The molecule has 6 nitrogen and oxygen atoms in total. The van der Waals surface area contributed by atoms with Gasteiger partial charge in [0.25, 0.3) is 11.5 Å². The average molecular weight is 348 g/mol. The van der Waals surface area contributed by atoms with Crippen LogP contribution in [0.2, 0.25) is 5.15 Å². The summed E-state index contributed by atoms with van der Waals surface area (Å²) in [4.78, 5) is 23.4. The summed E-state index contributed by atoms with van der Waals surface area (Å²) >= 11 is 5.91. The molecular weight excluding hydrogens is 339 g/mol. The van der Waals surface area contributed by atoms with Crippen molar-refractivity contribution in [2.24, 2.45) is 7.05 Å². The Bertz CT molecular complexity index is 876. The normalized spacial score (nSPS) is 13.7. The highest BCUT2D eigenvalue weighted by atomic mass is 35.5. The second kappa shape index (κ2) is 5.34. The lowest BCUT2D eigenvalue weighted by Crippen LogP contribution is -2.25. The molecule has 1 aliphatic heterocycles. The Morgan fingerprint density at radius 3 is 2.65 bits per heavy atom. The van der Waals surface area contributed by atoms with Crippen LogP contribution >= 0.6 is 11.6 Å². The number of carbonyl (C=O) groups is 1. The summed E-state index contributed by atoms with van der Waals surface area (Å²) in [5.41, 5.74) is -1.75. The lowest BCUT2D eigenvalue weighted by atomic mass is 10.1. The summed E-state index contributed by atoms with van der Waals surface area (Å²) in [6.07, 6.45) is 0. The molecule has 0 bridgehead atoms. The monoisotopic (exact) mass is 347 g/mol. The van der Waals surface area contributed by atoms with E-state index in [1.54, 1.807) is 0 Å². The first-order valence-electron chi connectivity index (χ1n) is 6.33. The number of ether oxygens (including phenoxy) is 1. The first kappa shape index (κ1) is 15.5. The number of hydrogen-bond donors (Lipinski definition) is 1. The standard InChI is InChI=1S/C13H9ClF3N3O3/c1-19-11(14)10(12(22)20(19)13(16)17)5-2-7-8(3-6(5)15)23-4-9(21)18-7/h2-3,13H,4H2,1H3,(H,18,21). The highest BCUT2D eigenvalue weighted by molar-refractivity contribution is 6.32. The van der Waals surface area contributed by atoms with Gasteiger partial charge in [-0.2, -0.15) is 13.5 Å². The number of nitrogens with zero attached hydrogens (tertiary/aromatic N) is 2. The zero-order valence-corrected chi connectivity index (χ0v) is 12.3. The number of rotatable bonds is 2. The Labute approximate surface area is 132 Å². The van der Waals surface area contributed by atoms with Gasteiger partial charge in [0, 0.05) is 18.7 Å². The third-order valence-corrected chi connectivity index (χ3v) is 3.83. The SMILES string of the molecule is Cn1c(Cl)c(-c2cc3c(cc2F)OCC(=O)N3)c(=O)n1C(F)F. The van der Waals surface area contributed by atoms with Gasteiger partial charge in [0.15, 0.2) is 6.61 Å². The van der Waals surface area contributed by atoms with E-state index in [2.05, 4.69) is 5.32 Å². The second-order valence-electron chi connectivity index (χ2n) is 4.78. The minimum atomic E-state index is -3.14. The van der Waals surface area contributed by atoms with Crippen molar-refractivity contribution in [3.05, 3.63) is 33.5 Å². The predicted molar refractivity (Wildman–Crippen MR) is 75.5 cm³/mol. The number of nitrogens with one attached hydrogen (secondary N) is 1. The number of hydrogen-bond acceptors (Lipinski definition) is 3. The van der Waals surface area contributed by atoms with E-state index in [0.717, 1.165) is 23.9 Å². The van der Waals surface area contributed by atoms with Gasteiger partial charge in [0.1, 0.15) is 16.7 Å². The van der Waals surface area contributed by atoms with E-state index >= 15 is 0 Å². The van der Waals surface area contributed by atoms with Crippen molar-refractivity contribution in [1.82, 2.24) is 9.36 Å². The smallest absolute Gasteiger partial charge is 0.334 e. The Balaban J connectivity index is 2.24. The van der Waals surface area contributed by atoms with E-state index in [4.69, 9.17) is 16.3 Å². The van der Waals surface area contributed by atoms with Crippen LogP contribution in [0.5, 0.6) is 5.75 Å². The molecule has 0 radical (unpaired) electrons. The van der Waals surface area contributed by atoms with Crippen molar-refractivity contribution in [2.45, 2.75) is 6.55 Å². The molecule has 10 heteroatoms. The van der Waals surface area contributed by atoms with Crippen LogP contribution in [0.1, 0.15) is 6.55 Å². The van der Waals surface area contributed by atoms with Crippen LogP contribution in [0.3, 0.4) is 0 Å². The van der Waals surface area contributed by atoms with E-state index in [-0.39, 0.29) is 33.4 Å². The van der Waals surface area contributed by atoms with Gasteiger partial charge < -0.3 is 10.1 Å². The van der Waals surface area contributed by atoms with Gasteiger partial charge in [-0.15, -0.1) is 0 Å². The fourth-order valence-corrected chi connectivity index (χ4v) is 2.60. The number of benzene rings is 1. The van der Waals surface area contributed by atoms with Crippen molar-refractivity contribution < 1.29 is 22.7 Å². The zero-order valence-electron chi connectivity index (χ0n) is 11.6. The number of anilines is 1. The van der Waals surface area contributed by atoms with Gasteiger partial charge in [-0.1, -0.05) is 11.6 Å². The fourth-order valence-electron chi connectivity index (χ4n) is 2.33. The van der Waals surface area contributed by atoms with Gasteiger partial charge >= 0.3 is 6.55 Å². The van der Waals surface area contributed by atoms with E-state index in [1.807, 2.05) is 0 Å². The molecule has 23 heavy (non-hydrogen) atoms. The maximum Gasteiger partial charge on any atom is 0.334 e. The second-order valence-corrected chi connectivity index (χ2v) is 5.14. The van der Waals surface area contributed by atoms with E-state index < -0.39 is 29.4 Å². The summed E-state index contributed by atoms with van der Waals surface area (Å²) in [6.45, 7) is -3.40. The minimum Gasteiger partial charge on any atom is -0.481 e. The van der Waals surface area contributed by atoms with E-state index in [9.17, 15) is 22.8 Å². The first-order valence-corrected chi connectivity index (χ1v) is 6.70. The molecule has 0 saturated carbocycles. The van der Waals surface area contributed by atoms with Gasteiger partial charge in [0.05, 0.1) is 11.3 Å². The number of halogens is 4. The maximum absolute atomic E-state index is 14.3. The quantitative estimate of drug-likeness (QED) is 0.907. The maximum atomic E-state index is 14.3. The van der Waals surface area contributed by atoms with Crippen LogP contribution in [0.15, 0.2) is 16.9 Å². The highest BCUT2D eigenvalue weighted by Gasteiger charge is 2.27. The molecule has 1 aromatic heterocycles. The summed E-state index contributed by atoms with van der Waals surface area (Å²) in [5, 5.41) is 2.09. The Kier molecular flexibility index (Phi) is 3.59. The molecule has 1 N–H and O–H groups in total. The van der Waals surface area contributed by atoms with Crippen LogP contribution < -0.4 is 15.6 Å². The molecule has 0 fully saturated rings. The van der Waals surface area contributed by atoms with E-state index in [0.29, 0.717) is 0 Å². The molecule has 1 amide bonds. The van der Waals surface area contributed by atoms with Crippen molar-refractivity contribution in [2.75, 3.05) is 11.9 Å². The third-order valence-electron chi connectivity index (χ3n) is 3.39. The van der Waals surface area contributed by atoms with Gasteiger partial charge in [-0.05, 0) is 6.07 Å². The molecule has 1 aliphatic rings. The molecule has 0 saturated heterocycles. The summed E-state index contributed by atoms with van der Waals surface area (Å²) in [6, 6.07) is 2.08. The first-order chi connectivity index (χ1) is 10.8. The van der Waals surface area contributed by atoms with Crippen LogP contribution in [-0.2, 0) is 11.8 Å². The van der Waals surface area contributed by atoms with Crippen LogP contribution in [0.25, 0.3) is 11.1 Å². The molecule has 0 spiro atoms. The summed E-state index contributed by atoms with van der Waals surface area (Å²) < 4.78 is 46.0. The van der Waals surface area contributed by atoms with Crippen LogP contribution in [0.4, 0.5) is 18.9 Å². The molecule has 0 aliphatic carbocycles.